The topological polar surface area (TPSA) is 164 Å². The van der Waals surface area contributed by atoms with Gasteiger partial charge in [0.25, 0.3) is 0 Å². The van der Waals surface area contributed by atoms with Crippen LogP contribution in [0.4, 0.5) is 0 Å². The Hall–Kier alpha value is -0.826. The first-order valence-corrected chi connectivity index (χ1v) is 15.4. The Morgan fingerprint density at radius 1 is 0.579 bits per heavy atom. The van der Waals surface area contributed by atoms with Gasteiger partial charge in [-0.2, -0.15) is 0 Å². The summed E-state index contributed by atoms with van der Waals surface area (Å²) in [6.45, 7) is -0.656. The molecule has 1 fully saturated rings. The molecule has 0 amide bonds. The number of hydrogen-bond acceptors (Lipinski definition) is 12. The molecule has 6 radical (unpaired) electrons. The second-order valence-electron chi connectivity index (χ2n) is 7.61. The highest BCUT2D eigenvalue weighted by molar-refractivity contribution is 8.14. The maximum atomic E-state index is 12.7. The molecule has 4 unspecified atom stereocenters. The Labute approximate surface area is 237 Å². The molecule has 0 spiro atoms. The van der Waals surface area contributed by atoms with Crippen LogP contribution < -0.4 is 0 Å². The fourth-order valence-corrected chi connectivity index (χ4v) is 5.49. The van der Waals surface area contributed by atoms with Crippen molar-refractivity contribution in [2.24, 2.45) is 0 Å². The summed E-state index contributed by atoms with van der Waals surface area (Å²) in [5.41, 5.74) is 0. The summed E-state index contributed by atoms with van der Waals surface area (Å²) in [4.78, 5) is 49.0. The van der Waals surface area contributed by atoms with Gasteiger partial charge < -0.3 is 38.6 Å². The number of carbonyl (C=O) groups excluding carboxylic acids is 2. The molecule has 16 heteroatoms. The van der Waals surface area contributed by atoms with E-state index in [4.69, 9.17) is 28.4 Å². The van der Waals surface area contributed by atoms with Crippen LogP contribution in [0.25, 0.3) is 0 Å². The lowest BCUT2D eigenvalue weighted by Crippen LogP contribution is -2.44. The van der Waals surface area contributed by atoms with Gasteiger partial charge >= 0.3 is 11.9 Å². The molecule has 4 atom stereocenters. The molecule has 1 heterocycles. The van der Waals surface area contributed by atoms with Crippen molar-refractivity contribution < 1.29 is 57.8 Å². The monoisotopic (exact) mass is 610 g/mol. The molecule has 38 heavy (non-hydrogen) atoms. The predicted octanol–water partition coefficient (Wildman–Crippen LogP) is 0.217. The van der Waals surface area contributed by atoms with Crippen LogP contribution in [0.3, 0.4) is 0 Å². The van der Waals surface area contributed by atoms with Gasteiger partial charge in [0.1, 0.15) is 0 Å². The number of aliphatic carboxylic acids is 2. The Bertz CT molecular complexity index is 660. The Morgan fingerprint density at radius 3 is 1.18 bits per heavy atom. The Kier molecular flexibility index (Phi) is 20.3. The van der Waals surface area contributed by atoms with Crippen molar-refractivity contribution in [3.63, 3.8) is 0 Å². The molecule has 1 saturated heterocycles. The molecule has 0 aliphatic carbocycles. The zero-order chi connectivity index (χ0) is 28.2. The lowest BCUT2D eigenvalue weighted by Gasteiger charge is -2.24. The third-order valence-corrected chi connectivity index (χ3v) is 7.46. The summed E-state index contributed by atoms with van der Waals surface area (Å²) in [5.74, 6) is -1.74. The number of carboxylic acids is 2. The number of carbonyl (C=O) groups is 4. The van der Waals surface area contributed by atoms with E-state index in [1.165, 1.54) is 0 Å². The molecular weight excluding hydrogens is 577 g/mol. The smallest absolute Gasteiger partial charge is 0.336 e. The largest absolute Gasteiger partial charge is 0.479 e. The Morgan fingerprint density at radius 2 is 0.895 bits per heavy atom. The Balaban J connectivity index is 2.86. The standard InChI is InChI=1S/C22H34O12S2Si2/c23-19(24)15-17(21(27)35-11-1-13-37)33-9-5-29-4-8-32-16(20(25)26)18(22(28)36-12-2-14-38)34-10-6-30-3-7-31-15/h15-18H,1-14H2,(H,23,24)(H,25,26). The molecular formula is C22H34O12S2Si2. The average Bonchev–Trinajstić information content (AvgIpc) is 2.87. The van der Waals surface area contributed by atoms with Gasteiger partial charge in [-0.15, -0.1) is 0 Å². The number of rotatable bonds is 10. The molecule has 0 aromatic heterocycles. The van der Waals surface area contributed by atoms with Crippen LogP contribution in [0, 0.1) is 0 Å². The summed E-state index contributed by atoms with van der Waals surface area (Å²) in [5, 5.41) is 18.3. The molecule has 1 rings (SSSR count). The van der Waals surface area contributed by atoms with Gasteiger partial charge in [0, 0.05) is 32.0 Å². The SMILES string of the molecule is O=C(O)C1OCCOCCOC(C(=O)SCCC[Si])C(C(=O)O)OCCOCCOC1C(=O)SCCC[Si]. The van der Waals surface area contributed by atoms with Crippen molar-refractivity contribution in [1.82, 2.24) is 0 Å². The highest BCUT2D eigenvalue weighted by Crippen LogP contribution is 2.18. The lowest BCUT2D eigenvalue weighted by atomic mass is 10.2. The molecule has 0 aromatic carbocycles. The van der Waals surface area contributed by atoms with E-state index in [-0.39, 0.29) is 52.9 Å². The van der Waals surface area contributed by atoms with E-state index in [9.17, 15) is 29.4 Å². The minimum Gasteiger partial charge on any atom is -0.479 e. The van der Waals surface area contributed by atoms with Crippen molar-refractivity contribution >= 4 is 66.2 Å². The summed E-state index contributed by atoms with van der Waals surface area (Å²) < 4.78 is 32.7. The van der Waals surface area contributed by atoms with E-state index in [0.717, 1.165) is 23.5 Å². The third kappa shape index (κ3) is 14.5. The van der Waals surface area contributed by atoms with Crippen molar-refractivity contribution in [2.75, 3.05) is 64.4 Å². The minimum atomic E-state index is -1.55. The third-order valence-electron chi connectivity index (χ3n) is 4.73. The highest BCUT2D eigenvalue weighted by Gasteiger charge is 2.37. The van der Waals surface area contributed by atoms with Crippen LogP contribution in [0.5, 0.6) is 0 Å². The first kappa shape index (κ1) is 35.2. The van der Waals surface area contributed by atoms with Crippen LogP contribution >= 0.6 is 23.5 Å². The van der Waals surface area contributed by atoms with Crippen LogP contribution in [0.2, 0.25) is 12.1 Å². The molecule has 0 saturated carbocycles. The van der Waals surface area contributed by atoms with Crippen LogP contribution in [0.1, 0.15) is 12.8 Å². The van der Waals surface area contributed by atoms with Crippen molar-refractivity contribution in [3.05, 3.63) is 0 Å². The zero-order valence-electron chi connectivity index (χ0n) is 21.0. The lowest BCUT2D eigenvalue weighted by molar-refractivity contribution is -0.171. The summed E-state index contributed by atoms with van der Waals surface area (Å²) in [6.07, 6.45) is -4.40. The van der Waals surface area contributed by atoms with E-state index < -0.39 is 46.6 Å². The molecule has 12 nitrogen and oxygen atoms in total. The van der Waals surface area contributed by atoms with Gasteiger partial charge in [-0.3, -0.25) is 9.59 Å². The number of carboxylic acid groups (broad SMARTS) is 2. The molecule has 0 bridgehead atoms. The van der Waals surface area contributed by atoms with Crippen molar-refractivity contribution in [1.29, 1.82) is 0 Å². The van der Waals surface area contributed by atoms with Crippen molar-refractivity contribution in [2.45, 2.75) is 49.3 Å². The summed E-state index contributed by atoms with van der Waals surface area (Å²) >= 11 is 1.92. The normalized spacial score (nSPS) is 25.1. The second kappa shape index (κ2) is 21.9. The highest BCUT2D eigenvalue weighted by atomic mass is 32.2. The maximum absolute atomic E-state index is 12.7. The summed E-state index contributed by atoms with van der Waals surface area (Å²) in [6, 6.07) is 1.38. The fourth-order valence-electron chi connectivity index (χ4n) is 2.93. The minimum absolute atomic E-state index is 0.0206. The number of hydrogen-bond donors (Lipinski definition) is 2. The summed E-state index contributed by atoms with van der Waals surface area (Å²) in [7, 11) is 6.66. The molecule has 1 aliphatic rings. The maximum Gasteiger partial charge on any atom is 0.336 e. The van der Waals surface area contributed by atoms with Gasteiger partial charge in [-0.05, 0) is 12.8 Å². The molecule has 0 aromatic rings. The van der Waals surface area contributed by atoms with Crippen molar-refractivity contribution in [3.8, 4) is 0 Å². The van der Waals surface area contributed by atoms with E-state index in [1.807, 2.05) is 0 Å². The van der Waals surface area contributed by atoms with Gasteiger partial charge in [-0.1, -0.05) is 35.6 Å². The van der Waals surface area contributed by atoms with E-state index >= 15 is 0 Å². The zero-order valence-corrected chi connectivity index (χ0v) is 24.6. The van der Waals surface area contributed by atoms with E-state index in [2.05, 4.69) is 20.5 Å². The van der Waals surface area contributed by atoms with Crippen LogP contribution in [0.15, 0.2) is 0 Å². The fraction of sp³-hybridized carbons (Fsp3) is 0.818. The van der Waals surface area contributed by atoms with Crippen LogP contribution in [-0.4, -0.2) is 142 Å². The van der Waals surface area contributed by atoms with Crippen LogP contribution in [-0.2, 0) is 47.6 Å². The van der Waals surface area contributed by atoms with Gasteiger partial charge in [-0.25, -0.2) is 9.59 Å². The average molecular weight is 611 g/mol. The quantitative estimate of drug-likeness (QED) is 0.255. The molecule has 2 N–H and O–H groups in total. The molecule has 1 aliphatic heterocycles. The first-order chi connectivity index (χ1) is 18.3. The first-order valence-electron chi connectivity index (χ1n) is 12.0. The van der Waals surface area contributed by atoms with E-state index in [0.29, 0.717) is 36.4 Å². The van der Waals surface area contributed by atoms with E-state index in [1.54, 1.807) is 0 Å². The number of thioether (sulfide) groups is 2. The molecule has 214 valence electrons. The second-order valence-corrected chi connectivity index (χ2v) is 10.8. The van der Waals surface area contributed by atoms with Gasteiger partial charge in [0.05, 0.1) is 52.9 Å². The van der Waals surface area contributed by atoms with Gasteiger partial charge in [0.15, 0.2) is 24.4 Å². The number of ether oxygens (including phenoxy) is 6. The van der Waals surface area contributed by atoms with Gasteiger partial charge in [0.2, 0.25) is 10.2 Å². The predicted molar refractivity (Wildman–Crippen MR) is 141 cm³/mol.